The Balaban J connectivity index is 1.84. The fourth-order valence-electron chi connectivity index (χ4n) is 4.05. The van der Waals surface area contributed by atoms with Gasteiger partial charge < -0.3 is 19.1 Å². The molecule has 0 spiro atoms. The van der Waals surface area contributed by atoms with Crippen molar-refractivity contribution in [2.24, 2.45) is 0 Å². The maximum absolute atomic E-state index is 13.3. The number of aliphatic hydroxyl groups is 1. The van der Waals surface area contributed by atoms with Crippen LogP contribution < -0.4 is 5.43 Å². The number of pyridine rings is 1. The van der Waals surface area contributed by atoms with E-state index >= 15 is 0 Å². The largest absolute Gasteiger partial charge is 0.462 e. The molecule has 0 amide bonds. The van der Waals surface area contributed by atoms with Gasteiger partial charge in [-0.3, -0.25) is 9.69 Å². The van der Waals surface area contributed by atoms with Gasteiger partial charge >= 0.3 is 5.97 Å². The Morgan fingerprint density at radius 2 is 1.94 bits per heavy atom. The van der Waals surface area contributed by atoms with Gasteiger partial charge in [-0.1, -0.05) is 18.2 Å². The van der Waals surface area contributed by atoms with Crippen LogP contribution in [0, 0.1) is 0 Å². The first kappa shape index (κ1) is 22.2. The molecule has 2 aromatic carbocycles. The summed E-state index contributed by atoms with van der Waals surface area (Å²) in [5.41, 5.74) is 3.19. The highest BCUT2D eigenvalue weighted by atomic mass is 16.5. The van der Waals surface area contributed by atoms with Crippen molar-refractivity contribution in [1.82, 2.24) is 9.47 Å². The normalized spacial score (nSPS) is 14.6. The van der Waals surface area contributed by atoms with Crippen molar-refractivity contribution >= 4 is 16.9 Å². The van der Waals surface area contributed by atoms with Gasteiger partial charge in [0, 0.05) is 43.5 Å². The van der Waals surface area contributed by atoms with Crippen molar-refractivity contribution < 1.29 is 19.4 Å². The van der Waals surface area contributed by atoms with E-state index in [0.29, 0.717) is 31.6 Å². The fourth-order valence-corrected chi connectivity index (χ4v) is 4.05. The zero-order valence-corrected chi connectivity index (χ0v) is 18.3. The standard InChI is InChI=1S/C25H28N2O5/c1-2-32-25(30)22-17-27(20-5-3-4-18(14-20)8-11-28)23-7-6-19(15-21(23)24(22)29)16-26-9-12-31-13-10-26/h3-7,14-15,17,28H,2,8-13,16H2,1H3. The second kappa shape index (κ2) is 10.1. The predicted octanol–water partition coefficient (Wildman–Crippen LogP) is 2.53. The average Bonchev–Trinajstić information content (AvgIpc) is 2.81. The molecule has 7 heteroatoms. The molecule has 168 valence electrons. The molecule has 1 fully saturated rings. The maximum Gasteiger partial charge on any atom is 0.343 e. The van der Waals surface area contributed by atoms with Crippen LogP contribution in [0.4, 0.5) is 0 Å². The molecule has 1 aliphatic rings. The molecule has 2 heterocycles. The summed E-state index contributed by atoms with van der Waals surface area (Å²) in [6, 6.07) is 13.6. The zero-order chi connectivity index (χ0) is 22.5. The van der Waals surface area contributed by atoms with Gasteiger partial charge in [0.1, 0.15) is 5.56 Å². The van der Waals surface area contributed by atoms with Gasteiger partial charge in [-0.25, -0.2) is 4.79 Å². The number of carbonyl (C=O) groups excluding carboxylic acids is 1. The summed E-state index contributed by atoms with van der Waals surface area (Å²) in [5.74, 6) is -0.627. The summed E-state index contributed by atoms with van der Waals surface area (Å²) in [6.45, 7) is 5.79. The van der Waals surface area contributed by atoms with E-state index in [1.807, 2.05) is 47.0 Å². The molecular weight excluding hydrogens is 408 g/mol. The molecule has 32 heavy (non-hydrogen) atoms. The van der Waals surface area contributed by atoms with E-state index in [2.05, 4.69) is 4.90 Å². The number of aromatic nitrogens is 1. The summed E-state index contributed by atoms with van der Waals surface area (Å²) in [4.78, 5) is 28.1. The van der Waals surface area contributed by atoms with Crippen molar-refractivity contribution in [2.75, 3.05) is 39.5 Å². The van der Waals surface area contributed by atoms with Crippen LogP contribution in [0.15, 0.2) is 53.5 Å². The Labute approximate surface area is 186 Å². The molecule has 0 atom stereocenters. The molecule has 0 radical (unpaired) electrons. The van der Waals surface area contributed by atoms with E-state index in [1.165, 1.54) is 0 Å². The number of aliphatic hydroxyl groups excluding tert-OH is 1. The van der Waals surface area contributed by atoms with Crippen molar-refractivity contribution in [3.05, 3.63) is 75.6 Å². The van der Waals surface area contributed by atoms with E-state index in [1.54, 1.807) is 13.1 Å². The van der Waals surface area contributed by atoms with E-state index in [4.69, 9.17) is 9.47 Å². The van der Waals surface area contributed by atoms with Crippen LogP contribution in [-0.4, -0.2) is 60.1 Å². The lowest BCUT2D eigenvalue weighted by molar-refractivity contribution is 0.0342. The summed E-state index contributed by atoms with van der Waals surface area (Å²) in [6.07, 6.45) is 2.09. The predicted molar refractivity (Wildman–Crippen MR) is 122 cm³/mol. The second-order valence-electron chi connectivity index (χ2n) is 7.85. The number of benzene rings is 2. The molecule has 3 aromatic rings. The number of rotatable bonds is 7. The van der Waals surface area contributed by atoms with Crippen LogP contribution in [0.25, 0.3) is 16.6 Å². The van der Waals surface area contributed by atoms with Gasteiger partial charge in [-0.15, -0.1) is 0 Å². The minimum atomic E-state index is -0.627. The SMILES string of the molecule is CCOC(=O)c1cn(-c2cccc(CCO)c2)c2ccc(CN3CCOCC3)cc2c1=O. The van der Waals surface area contributed by atoms with Gasteiger partial charge in [0.15, 0.2) is 0 Å². The smallest absolute Gasteiger partial charge is 0.343 e. The third kappa shape index (κ3) is 4.75. The quantitative estimate of drug-likeness (QED) is 0.574. The van der Waals surface area contributed by atoms with E-state index < -0.39 is 5.97 Å². The van der Waals surface area contributed by atoms with Crippen LogP contribution in [0.3, 0.4) is 0 Å². The first-order chi connectivity index (χ1) is 15.6. The first-order valence-electron chi connectivity index (χ1n) is 11.0. The van der Waals surface area contributed by atoms with Crippen molar-refractivity contribution in [1.29, 1.82) is 0 Å². The minimum absolute atomic E-state index is 0.00966. The van der Waals surface area contributed by atoms with Crippen LogP contribution in [0.5, 0.6) is 0 Å². The van der Waals surface area contributed by atoms with Crippen molar-refractivity contribution in [3.63, 3.8) is 0 Å². The van der Waals surface area contributed by atoms with Gasteiger partial charge in [0.05, 0.1) is 25.3 Å². The Bertz CT molecular complexity index is 1160. The number of morpholine rings is 1. The molecule has 0 aliphatic carbocycles. The number of esters is 1. The lowest BCUT2D eigenvalue weighted by Crippen LogP contribution is -2.35. The number of carbonyl (C=O) groups is 1. The Kier molecular flexibility index (Phi) is 6.99. The molecule has 1 aliphatic heterocycles. The average molecular weight is 437 g/mol. The van der Waals surface area contributed by atoms with Crippen LogP contribution in [0.1, 0.15) is 28.4 Å². The molecule has 0 bridgehead atoms. The number of hydrogen-bond donors (Lipinski definition) is 1. The summed E-state index contributed by atoms with van der Waals surface area (Å²) < 4.78 is 12.4. The van der Waals surface area contributed by atoms with E-state index in [0.717, 1.165) is 35.4 Å². The maximum atomic E-state index is 13.3. The number of nitrogens with zero attached hydrogens (tertiary/aromatic N) is 2. The highest BCUT2D eigenvalue weighted by molar-refractivity contribution is 5.94. The van der Waals surface area contributed by atoms with Crippen LogP contribution >= 0.6 is 0 Å². The first-order valence-corrected chi connectivity index (χ1v) is 11.0. The molecule has 1 N–H and O–H groups in total. The molecule has 1 aromatic heterocycles. The fraction of sp³-hybridized carbons (Fsp3) is 0.360. The minimum Gasteiger partial charge on any atom is -0.462 e. The Morgan fingerprint density at radius 1 is 1.12 bits per heavy atom. The van der Waals surface area contributed by atoms with Crippen molar-refractivity contribution in [3.8, 4) is 5.69 Å². The molecule has 0 unspecified atom stereocenters. The van der Waals surface area contributed by atoms with Gasteiger partial charge in [-0.05, 0) is 48.7 Å². The third-order valence-electron chi connectivity index (χ3n) is 5.66. The molecule has 1 saturated heterocycles. The Hall–Kier alpha value is -3.00. The lowest BCUT2D eigenvalue weighted by Gasteiger charge is -2.26. The highest BCUT2D eigenvalue weighted by Crippen LogP contribution is 2.21. The topological polar surface area (TPSA) is 81.0 Å². The summed E-state index contributed by atoms with van der Waals surface area (Å²) in [5, 5.41) is 9.79. The monoisotopic (exact) mass is 436 g/mol. The zero-order valence-electron chi connectivity index (χ0n) is 18.3. The number of fused-ring (bicyclic) bond motifs is 1. The van der Waals surface area contributed by atoms with Crippen molar-refractivity contribution in [2.45, 2.75) is 19.9 Å². The third-order valence-corrected chi connectivity index (χ3v) is 5.66. The molecular formula is C25H28N2O5. The number of hydrogen-bond acceptors (Lipinski definition) is 6. The highest BCUT2D eigenvalue weighted by Gasteiger charge is 2.18. The summed E-state index contributed by atoms with van der Waals surface area (Å²) >= 11 is 0. The molecule has 4 rings (SSSR count). The second-order valence-corrected chi connectivity index (χ2v) is 7.85. The van der Waals surface area contributed by atoms with Crippen LogP contribution in [-0.2, 0) is 22.4 Å². The van der Waals surface area contributed by atoms with Gasteiger partial charge in [0.2, 0.25) is 5.43 Å². The van der Waals surface area contributed by atoms with E-state index in [-0.39, 0.29) is 24.2 Å². The lowest BCUT2D eigenvalue weighted by atomic mass is 10.1. The Morgan fingerprint density at radius 3 is 2.69 bits per heavy atom. The van der Waals surface area contributed by atoms with E-state index in [9.17, 15) is 14.7 Å². The van der Waals surface area contributed by atoms with Crippen LogP contribution in [0.2, 0.25) is 0 Å². The number of ether oxygens (including phenoxy) is 2. The molecule has 7 nitrogen and oxygen atoms in total. The van der Waals surface area contributed by atoms with Gasteiger partial charge in [-0.2, -0.15) is 0 Å². The van der Waals surface area contributed by atoms with Gasteiger partial charge in [0.25, 0.3) is 0 Å². The summed E-state index contributed by atoms with van der Waals surface area (Å²) in [7, 11) is 0. The molecule has 0 saturated carbocycles.